The van der Waals surface area contributed by atoms with Crippen LogP contribution < -0.4 is 4.90 Å². The van der Waals surface area contributed by atoms with Gasteiger partial charge in [0.2, 0.25) is 5.95 Å². The Hall–Kier alpha value is -2.47. The molecule has 0 spiro atoms. The van der Waals surface area contributed by atoms with Gasteiger partial charge in [0.05, 0.1) is 11.0 Å². The molecule has 2 aliphatic heterocycles. The monoisotopic (exact) mass is 362 g/mol. The van der Waals surface area contributed by atoms with Crippen molar-refractivity contribution in [3.63, 3.8) is 0 Å². The van der Waals surface area contributed by atoms with Gasteiger partial charge in [-0.1, -0.05) is 12.1 Å². The number of imidazole rings is 1. The number of nitrogens with zero attached hydrogens (tertiary/aromatic N) is 5. The van der Waals surface area contributed by atoms with Crippen molar-refractivity contribution < 1.29 is 0 Å². The van der Waals surface area contributed by atoms with Crippen LogP contribution in [0.3, 0.4) is 0 Å². The highest BCUT2D eigenvalue weighted by Gasteiger charge is 2.24. The highest BCUT2D eigenvalue weighted by atomic mass is 15.3. The highest BCUT2D eigenvalue weighted by Crippen LogP contribution is 2.27. The number of para-hydroxylation sites is 2. The number of fused-ring (bicyclic) bond motifs is 1. The number of aromatic amines is 1. The van der Waals surface area contributed by atoms with Crippen LogP contribution in [0.5, 0.6) is 0 Å². The van der Waals surface area contributed by atoms with E-state index in [1.165, 1.54) is 31.2 Å². The SMILES string of the molecule is c1ccc2[nH]c([C@@H]3CCCN(Cc4cnc(N5CCCC5)nc4)C3)nc2c1. The van der Waals surface area contributed by atoms with Crippen LogP contribution in [0.25, 0.3) is 11.0 Å². The molecule has 3 aromatic rings. The first-order chi connectivity index (χ1) is 13.3. The van der Waals surface area contributed by atoms with E-state index in [9.17, 15) is 0 Å². The molecule has 1 atom stereocenters. The van der Waals surface area contributed by atoms with Crippen molar-refractivity contribution in [3.05, 3.63) is 48.0 Å². The molecule has 0 radical (unpaired) electrons. The fourth-order valence-corrected chi connectivity index (χ4v) is 4.36. The van der Waals surface area contributed by atoms with E-state index >= 15 is 0 Å². The van der Waals surface area contributed by atoms with E-state index in [2.05, 4.69) is 43.0 Å². The van der Waals surface area contributed by atoms with Crippen molar-refractivity contribution in [3.8, 4) is 0 Å². The molecular weight excluding hydrogens is 336 g/mol. The Morgan fingerprint density at radius 2 is 1.81 bits per heavy atom. The second-order valence-electron chi connectivity index (χ2n) is 7.80. The molecule has 2 aliphatic rings. The second-order valence-corrected chi connectivity index (χ2v) is 7.80. The lowest BCUT2D eigenvalue weighted by atomic mass is 9.97. The predicted octanol–water partition coefficient (Wildman–Crippen LogP) is 3.33. The summed E-state index contributed by atoms with van der Waals surface area (Å²) in [7, 11) is 0. The topological polar surface area (TPSA) is 60.9 Å². The number of H-pyrrole nitrogens is 1. The predicted molar refractivity (Wildman–Crippen MR) is 107 cm³/mol. The molecule has 27 heavy (non-hydrogen) atoms. The number of piperidine rings is 1. The summed E-state index contributed by atoms with van der Waals surface area (Å²) >= 11 is 0. The molecule has 0 saturated carbocycles. The van der Waals surface area contributed by atoms with Crippen LogP contribution in [0.15, 0.2) is 36.7 Å². The van der Waals surface area contributed by atoms with Gasteiger partial charge < -0.3 is 9.88 Å². The molecule has 0 aliphatic carbocycles. The van der Waals surface area contributed by atoms with Crippen molar-refractivity contribution >= 4 is 17.0 Å². The number of aromatic nitrogens is 4. The number of hydrogen-bond acceptors (Lipinski definition) is 5. The van der Waals surface area contributed by atoms with Gasteiger partial charge in [-0.2, -0.15) is 0 Å². The number of anilines is 1. The molecule has 4 heterocycles. The maximum atomic E-state index is 4.82. The number of hydrogen-bond donors (Lipinski definition) is 1. The zero-order valence-electron chi connectivity index (χ0n) is 15.6. The van der Waals surface area contributed by atoms with Crippen LogP contribution in [0.2, 0.25) is 0 Å². The van der Waals surface area contributed by atoms with Crippen LogP contribution in [0, 0.1) is 0 Å². The summed E-state index contributed by atoms with van der Waals surface area (Å²) in [5.74, 6) is 2.48. The minimum atomic E-state index is 0.468. The molecule has 0 unspecified atom stereocenters. The first-order valence-electron chi connectivity index (χ1n) is 10.1. The number of likely N-dealkylation sites (tertiary alicyclic amines) is 1. The third-order valence-electron chi connectivity index (χ3n) is 5.79. The Morgan fingerprint density at radius 1 is 1.00 bits per heavy atom. The summed E-state index contributed by atoms with van der Waals surface area (Å²) in [6.45, 7) is 5.25. The molecule has 0 bridgehead atoms. The maximum absolute atomic E-state index is 4.82. The van der Waals surface area contributed by atoms with Gasteiger partial charge >= 0.3 is 0 Å². The van der Waals surface area contributed by atoms with Gasteiger partial charge in [-0.15, -0.1) is 0 Å². The smallest absolute Gasteiger partial charge is 0.225 e. The van der Waals surface area contributed by atoms with Gasteiger partial charge in [-0.3, -0.25) is 4.90 Å². The standard InChI is InChI=1S/C21H26N6/c1-2-8-19-18(7-1)24-20(25-19)17-6-5-9-26(15-17)14-16-12-22-21(23-13-16)27-10-3-4-11-27/h1-2,7-8,12-13,17H,3-6,9-11,14-15H2,(H,24,25)/t17-/m1/s1. The number of benzene rings is 1. The highest BCUT2D eigenvalue weighted by molar-refractivity contribution is 5.74. The van der Waals surface area contributed by atoms with Gasteiger partial charge in [0.15, 0.2) is 0 Å². The summed E-state index contributed by atoms with van der Waals surface area (Å²) in [5, 5.41) is 0. The lowest BCUT2D eigenvalue weighted by Crippen LogP contribution is -2.34. The third kappa shape index (κ3) is 3.54. The van der Waals surface area contributed by atoms with Crippen molar-refractivity contribution in [2.24, 2.45) is 0 Å². The Morgan fingerprint density at radius 3 is 2.63 bits per heavy atom. The average molecular weight is 362 g/mol. The fourth-order valence-electron chi connectivity index (χ4n) is 4.36. The first kappa shape index (κ1) is 16.7. The van der Waals surface area contributed by atoms with Crippen LogP contribution in [-0.4, -0.2) is 51.0 Å². The Kier molecular flexibility index (Phi) is 4.49. The van der Waals surface area contributed by atoms with Gasteiger partial charge in [0, 0.05) is 50.1 Å². The minimum absolute atomic E-state index is 0.468. The molecule has 140 valence electrons. The summed E-state index contributed by atoms with van der Waals surface area (Å²) in [6.07, 6.45) is 8.91. The van der Waals surface area contributed by atoms with Gasteiger partial charge in [0.1, 0.15) is 5.82 Å². The van der Waals surface area contributed by atoms with Crippen LogP contribution in [0.1, 0.15) is 43.0 Å². The minimum Gasteiger partial charge on any atom is -0.342 e. The number of nitrogens with one attached hydrogen (secondary N) is 1. The van der Waals surface area contributed by atoms with E-state index in [0.717, 1.165) is 55.5 Å². The Bertz CT molecular complexity index is 863. The van der Waals surface area contributed by atoms with Crippen LogP contribution in [-0.2, 0) is 6.54 Å². The van der Waals surface area contributed by atoms with Gasteiger partial charge in [-0.25, -0.2) is 15.0 Å². The lowest BCUT2D eigenvalue weighted by molar-refractivity contribution is 0.197. The maximum Gasteiger partial charge on any atom is 0.225 e. The van der Waals surface area contributed by atoms with E-state index in [0.29, 0.717) is 5.92 Å². The molecule has 6 heteroatoms. The van der Waals surface area contributed by atoms with Gasteiger partial charge in [-0.05, 0) is 44.4 Å². The second kappa shape index (κ2) is 7.27. The quantitative estimate of drug-likeness (QED) is 0.771. The summed E-state index contributed by atoms with van der Waals surface area (Å²) < 4.78 is 0. The first-order valence-corrected chi connectivity index (χ1v) is 10.1. The van der Waals surface area contributed by atoms with E-state index in [-0.39, 0.29) is 0 Å². The molecule has 0 amide bonds. The molecule has 2 saturated heterocycles. The van der Waals surface area contributed by atoms with Crippen molar-refractivity contribution in [1.29, 1.82) is 0 Å². The van der Waals surface area contributed by atoms with E-state index < -0.39 is 0 Å². The summed E-state index contributed by atoms with van der Waals surface area (Å²) in [5.41, 5.74) is 3.40. The van der Waals surface area contributed by atoms with Crippen LogP contribution >= 0.6 is 0 Å². The number of rotatable bonds is 4. The Balaban J connectivity index is 1.25. The Labute approximate surface area is 159 Å². The molecule has 2 aromatic heterocycles. The normalized spacial score (nSPS) is 21.2. The largest absolute Gasteiger partial charge is 0.342 e. The van der Waals surface area contributed by atoms with Crippen molar-refractivity contribution in [1.82, 2.24) is 24.8 Å². The van der Waals surface area contributed by atoms with Crippen molar-refractivity contribution in [2.75, 3.05) is 31.1 Å². The zero-order valence-corrected chi connectivity index (χ0v) is 15.6. The van der Waals surface area contributed by atoms with Crippen molar-refractivity contribution in [2.45, 2.75) is 38.1 Å². The molecule has 1 aromatic carbocycles. The average Bonchev–Trinajstić information content (AvgIpc) is 3.39. The van der Waals surface area contributed by atoms with Gasteiger partial charge in [0.25, 0.3) is 0 Å². The molecular formula is C21H26N6. The fraction of sp³-hybridized carbons (Fsp3) is 0.476. The van der Waals surface area contributed by atoms with Crippen LogP contribution in [0.4, 0.5) is 5.95 Å². The van der Waals surface area contributed by atoms with E-state index in [4.69, 9.17) is 4.98 Å². The van der Waals surface area contributed by atoms with E-state index in [1.54, 1.807) is 0 Å². The molecule has 5 rings (SSSR count). The molecule has 6 nitrogen and oxygen atoms in total. The molecule has 2 fully saturated rings. The van der Waals surface area contributed by atoms with E-state index in [1.807, 2.05) is 18.5 Å². The molecule has 1 N–H and O–H groups in total. The third-order valence-corrected chi connectivity index (χ3v) is 5.79. The summed E-state index contributed by atoms with van der Waals surface area (Å²) in [4.78, 5) is 22.3. The zero-order chi connectivity index (χ0) is 18.1. The summed E-state index contributed by atoms with van der Waals surface area (Å²) in [6, 6.07) is 8.29. The lowest BCUT2D eigenvalue weighted by Gasteiger charge is -2.31.